The zero-order valence-corrected chi connectivity index (χ0v) is 12.1. The van der Waals surface area contributed by atoms with Crippen LogP contribution in [0.1, 0.15) is 26.7 Å². The molecule has 5 heteroatoms. The van der Waals surface area contributed by atoms with Crippen LogP contribution in [0.3, 0.4) is 0 Å². The van der Waals surface area contributed by atoms with Gasteiger partial charge in [0.25, 0.3) is 0 Å². The highest BCUT2D eigenvalue weighted by Gasteiger charge is 2.31. The number of aliphatic hydroxyl groups excluding tert-OH is 1. The lowest BCUT2D eigenvalue weighted by Crippen LogP contribution is -2.42. The molecule has 0 unspecified atom stereocenters. The maximum absolute atomic E-state index is 11.4. The minimum atomic E-state index is -0.435. The lowest BCUT2D eigenvalue weighted by Gasteiger charge is -2.38. The van der Waals surface area contributed by atoms with Crippen molar-refractivity contribution >= 4 is 5.91 Å². The van der Waals surface area contributed by atoms with E-state index in [1.165, 1.54) is 0 Å². The van der Waals surface area contributed by atoms with Crippen molar-refractivity contribution in [3.63, 3.8) is 0 Å². The number of amides is 1. The first-order valence-corrected chi connectivity index (χ1v) is 7.22. The lowest BCUT2D eigenvalue weighted by atomic mass is 9.82. The van der Waals surface area contributed by atoms with E-state index in [0.717, 1.165) is 45.7 Å². The van der Waals surface area contributed by atoms with Gasteiger partial charge in [0, 0.05) is 52.9 Å². The van der Waals surface area contributed by atoms with Crippen LogP contribution in [0.2, 0.25) is 0 Å². The first-order valence-electron chi connectivity index (χ1n) is 7.22. The third-order valence-corrected chi connectivity index (χ3v) is 4.34. The molecule has 0 spiro atoms. The number of hydrogen-bond acceptors (Lipinski definition) is 4. The van der Waals surface area contributed by atoms with Crippen LogP contribution in [0.5, 0.6) is 0 Å². The summed E-state index contributed by atoms with van der Waals surface area (Å²) >= 11 is 0. The van der Waals surface area contributed by atoms with Gasteiger partial charge in [0.05, 0.1) is 6.10 Å². The minimum Gasteiger partial charge on any atom is -0.390 e. The van der Waals surface area contributed by atoms with E-state index < -0.39 is 6.10 Å². The maximum atomic E-state index is 11.4. The van der Waals surface area contributed by atoms with Gasteiger partial charge in [-0.3, -0.25) is 9.69 Å². The summed E-state index contributed by atoms with van der Waals surface area (Å²) in [5.41, 5.74) is 0.281. The van der Waals surface area contributed by atoms with E-state index in [2.05, 4.69) is 11.8 Å². The van der Waals surface area contributed by atoms with Crippen molar-refractivity contribution in [2.45, 2.75) is 32.8 Å². The summed E-state index contributed by atoms with van der Waals surface area (Å²) in [5, 5.41) is 10.0. The molecule has 0 aromatic rings. The largest absolute Gasteiger partial charge is 0.390 e. The average molecular weight is 270 g/mol. The molecule has 19 heavy (non-hydrogen) atoms. The minimum absolute atomic E-state index is 0.0539. The molecule has 1 amide bonds. The van der Waals surface area contributed by atoms with Crippen LogP contribution in [0, 0.1) is 5.41 Å². The third-order valence-electron chi connectivity index (χ3n) is 4.34. The van der Waals surface area contributed by atoms with Crippen LogP contribution in [0.4, 0.5) is 0 Å². The van der Waals surface area contributed by atoms with Gasteiger partial charge in [-0.2, -0.15) is 0 Å². The fraction of sp³-hybridized carbons (Fsp3) is 0.929. The van der Waals surface area contributed by atoms with Crippen LogP contribution in [-0.4, -0.2) is 72.9 Å². The third kappa shape index (κ3) is 4.16. The van der Waals surface area contributed by atoms with E-state index in [9.17, 15) is 9.90 Å². The van der Waals surface area contributed by atoms with Crippen molar-refractivity contribution in [3.8, 4) is 0 Å². The molecule has 2 saturated heterocycles. The Morgan fingerprint density at radius 2 is 2.00 bits per heavy atom. The van der Waals surface area contributed by atoms with Crippen LogP contribution in [0.25, 0.3) is 0 Å². The number of hydrogen-bond donors (Lipinski definition) is 1. The van der Waals surface area contributed by atoms with E-state index in [-0.39, 0.29) is 11.3 Å². The number of ether oxygens (including phenoxy) is 1. The van der Waals surface area contributed by atoms with E-state index in [4.69, 9.17) is 4.74 Å². The summed E-state index contributed by atoms with van der Waals surface area (Å²) in [7, 11) is 0. The van der Waals surface area contributed by atoms with Gasteiger partial charge in [0.2, 0.25) is 5.91 Å². The topological polar surface area (TPSA) is 53.0 Å². The van der Waals surface area contributed by atoms with E-state index >= 15 is 0 Å². The average Bonchev–Trinajstić information content (AvgIpc) is 2.51. The first kappa shape index (κ1) is 14.8. The molecule has 2 aliphatic heterocycles. The summed E-state index contributed by atoms with van der Waals surface area (Å²) in [6.45, 7) is 9.24. The Bertz CT molecular complexity index is 316. The fourth-order valence-electron chi connectivity index (χ4n) is 3.05. The summed E-state index contributed by atoms with van der Waals surface area (Å²) in [6, 6.07) is 0. The first-order chi connectivity index (χ1) is 8.98. The molecule has 5 nitrogen and oxygen atoms in total. The van der Waals surface area contributed by atoms with Crippen molar-refractivity contribution in [2.75, 3.05) is 45.9 Å². The lowest BCUT2D eigenvalue weighted by molar-refractivity contribution is -0.129. The molecule has 0 radical (unpaired) electrons. The van der Waals surface area contributed by atoms with E-state index in [0.29, 0.717) is 13.1 Å². The number of carbonyl (C=O) groups is 1. The summed E-state index contributed by atoms with van der Waals surface area (Å²) < 4.78 is 5.43. The van der Waals surface area contributed by atoms with Crippen LogP contribution in [-0.2, 0) is 9.53 Å². The van der Waals surface area contributed by atoms with Crippen molar-refractivity contribution in [3.05, 3.63) is 0 Å². The van der Waals surface area contributed by atoms with Gasteiger partial charge in [-0.15, -0.1) is 0 Å². The highest BCUT2D eigenvalue weighted by Crippen LogP contribution is 2.30. The maximum Gasteiger partial charge on any atom is 0.219 e. The van der Waals surface area contributed by atoms with Crippen LogP contribution < -0.4 is 0 Å². The summed E-state index contributed by atoms with van der Waals surface area (Å²) in [5.74, 6) is 0.0539. The molecule has 2 heterocycles. The van der Waals surface area contributed by atoms with Gasteiger partial charge >= 0.3 is 0 Å². The Kier molecular flexibility index (Phi) is 4.81. The molecule has 1 N–H and O–H groups in total. The molecular weight excluding hydrogens is 244 g/mol. The smallest absolute Gasteiger partial charge is 0.219 e. The number of nitrogens with zero attached hydrogens (tertiary/aromatic N) is 2. The van der Waals surface area contributed by atoms with Crippen molar-refractivity contribution in [1.82, 2.24) is 9.80 Å². The van der Waals surface area contributed by atoms with Gasteiger partial charge in [-0.25, -0.2) is 0 Å². The molecule has 2 fully saturated rings. The second-order valence-electron chi connectivity index (χ2n) is 6.28. The van der Waals surface area contributed by atoms with Crippen LogP contribution >= 0.6 is 0 Å². The standard InChI is InChI=1S/C14H26N2O3/c1-12(17)16-6-5-15(9-13(18)10-16)11-14(2)3-7-19-8-4-14/h13,18H,3-11H2,1-2H3/t13-/m0/s1. The number of aliphatic hydroxyl groups is 1. The number of carbonyl (C=O) groups excluding carboxylic acids is 1. The Morgan fingerprint density at radius 3 is 2.63 bits per heavy atom. The zero-order chi connectivity index (χ0) is 13.9. The van der Waals surface area contributed by atoms with Gasteiger partial charge in [0.1, 0.15) is 0 Å². The zero-order valence-electron chi connectivity index (χ0n) is 12.1. The number of β-amino-alcohol motifs (C(OH)–C–C–N with tert-alkyl or cyclic N) is 1. The van der Waals surface area contributed by atoms with Crippen LogP contribution in [0.15, 0.2) is 0 Å². The molecule has 0 aliphatic carbocycles. The predicted molar refractivity (Wildman–Crippen MR) is 72.9 cm³/mol. The molecular formula is C14H26N2O3. The molecule has 1 atom stereocenters. The quantitative estimate of drug-likeness (QED) is 0.785. The Hall–Kier alpha value is -0.650. The molecule has 0 aromatic carbocycles. The van der Waals surface area contributed by atoms with Gasteiger partial charge in [-0.05, 0) is 18.3 Å². The van der Waals surface area contributed by atoms with E-state index in [1.54, 1.807) is 11.8 Å². The highest BCUT2D eigenvalue weighted by atomic mass is 16.5. The van der Waals surface area contributed by atoms with Crippen molar-refractivity contribution in [2.24, 2.45) is 5.41 Å². The van der Waals surface area contributed by atoms with Gasteiger partial charge in [0.15, 0.2) is 0 Å². The normalized spacial score (nSPS) is 29.0. The second kappa shape index (κ2) is 6.20. The van der Waals surface area contributed by atoms with E-state index in [1.807, 2.05) is 0 Å². The van der Waals surface area contributed by atoms with Crippen molar-refractivity contribution < 1.29 is 14.6 Å². The van der Waals surface area contributed by atoms with Crippen molar-refractivity contribution in [1.29, 1.82) is 0 Å². The monoisotopic (exact) mass is 270 g/mol. The Balaban J connectivity index is 1.91. The van der Waals surface area contributed by atoms with Gasteiger partial charge < -0.3 is 14.7 Å². The SMILES string of the molecule is CC(=O)N1CCN(CC2(C)CCOCC2)C[C@H](O)C1. The molecule has 0 saturated carbocycles. The fourth-order valence-corrected chi connectivity index (χ4v) is 3.05. The van der Waals surface area contributed by atoms with Gasteiger partial charge in [-0.1, -0.05) is 6.92 Å². The number of rotatable bonds is 2. The molecule has 0 bridgehead atoms. The Labute approximate surface area is 115 Å². The molecule has 0 aromatic heterocycles. The summed E-state index contributed by atoms with van der Waals surface area (Å²) in [6.07, 6.45) is 1.72. The summed E-state index contributed by atoms with van der Waals surface area (Å²) in [4.78, 5) is 15.5. The molecule has 2 aliphatic rings. The molecule has 2 rings (SSSR count). The predicted octanol–water partition coefficient (Wildman–Crippen LogP) is 0.328. The Morgan fingerprint density at radius 1 is 1.32 bits per heavy atom. The molecule has 110 valence electrons. The highest BCUT2D eigenvalue weighted by molar-refractivity contribution is 5.73. The second-order valence-corrected chi connectivity index (χ2v) is 6.28.